The molecule has 1 fully saturated rings. The van der Waals surface area contributed by atoms with Gasteiger partial charge in [-0.15, -0.1) is 0 Å². The van der Waals surface area contributed by atoms with Crippen molar-refractivity contribution in [2.75, 3.05) is 26.3 Å². The molecule has 2 aromatic carbocycles. The lowest BCUT2D eigenvalue weighted by Crippen LogP contribution is -2.40. The number of halogens is 2. The Hall–Kier alpha value is -2.01. The Morgan fingerprint density at radius 3 is 2.62 bits per heavy atom. The second kappa shape index (κ2) is 9.21. The van der Waals surface area contributed by atoms with Crippen molar-refractivity contribution in [2.24, 2.45) is 0 Å². The van der Waals surface area contributed by atoms with E-state index in [1.54, 1.807) is 0 Å². The van der Waals surface area contributed by atoms with Crippen molar-refractivity contribution in [3.05, 3.63) is 69.8 Å². The van der Waals surface area contributed by atoms with E-state index < -0.39 is 0 Å². The van der Waals surface area contributed by atoms with Crippen molar-refractivity contribution in [3.8, 4) is 0 Å². The standard InChI is InChI=1S/C23H24Cl2N2O2/c24-20-9-8-17(14-21(20)25)15-27-16-18(19-5-1-2-6-22(19)27)4-3-7-23(28)26-10-12-29-13-11-26/h1-2,5-6,8-9,14,16H,3-4,7,10-13,15H2. The van der Waals surface area contributed by atoms with Gasteiger partial charge in [-0.25, -0.2) is 0 Å². The maximum Gasteiger partial charge on any atom is 0.222 e. The van der Waals surface area contributed by atoms with Gasteiger partial charge in [-0.2, -0.15) is 0 Å². The van der Waals surface area contributed by atoms with Gasteiger partial charge in [-0.3, -0.25) is 4.79 Å². The van der Waals surface area contributed by atoms with Gasteiger partial charge in [-0.05, 0) is 42.2 Å². The summed E-state index contributed by atoms with van der Waals surface area (Å²) in [6, 6.07) is 14.2. The number of para-hydroxylation sites is 1. The smallest absolute Gasteiger partial charge is 0.222 e. The van der Waals surface area contributed by atoms with Gasteiger partial charge in [0.1, 0.15) is 0 Å². The second-order valence-corrected chi connectivity index (χ2v) is 8.21. The van der Waals surface area contributed by atoms with Crippen molar-refractivity contribution < 1.29 is 9.53 Å². The molecule has 29 heavy (non-hydrogen) atoms. The summed E-state index contributed by atoms with van der Waals surface area (Å²) in [7, 11) is 0. The number of rotatable bonds is 6. The summed E-state index contributed by atoms with van der Waals surface area (Å²) < 4.78 is 7.57. The molecule has 1 aromatic heterocycles. The Morgan fingerprint density at radius 2 is 1.83 bits per heavy atom. The number of benzene rings is 2. The van der Waals surface area contributed by atoms with Crippen LogP contribution in [0.15, 0.2) is 48.7 Å². The highest BCUT2D eigenvalue weighted by Crippen LogP contribution is 2.26. The first kappa shape index (κ1) is 20.3. The van der Waals surface area contributed by atoms with Crippen molar-refractivity contribution in [1.82, 2.24) is 9.47 Å². The number of morpholine rings is 1. The maximum absolute atomic E-state index is 12.4. The molecule has 0 atom stereocenters. The zero-order chi connectivity index (χ0) is 20.2. The molecule has 6 heteroatoms. The number of hydrogen-bond acceptors (Lipinski definition) is 2. The van der Waals surface area contributed by atoms with Gasteiger partial charge in [0.2, 0.25) is 5.91 Å². The molecule has 0 saturated carbocycles. The Morgan fingerprint density at radius 1 is 1.03 bits per heavy atom. The van der Waals surface area contributed by atoms with E-state index in [1.807, 2.05) is 23.1 Å². The molecule has 0 spiro atoms. The van der Waals surface area contributed by atoms with Crippen LogP contribution < -0.4 is 0 Å². The molecular weight excluding hydrogens is 407 g/mol. The molecule has 152 valence electrons. The lowest BCUT2D eigenvalue weighted by Gasteiger charge is -2.26. The van der Waals surface area contributed by atoms with Crippen LogP contribution in [0.3, 0.4) is 0 Å². The fraction of sp³-hybridized carbons (Fsp3) is 0.348. The number of carbonyl (C=O) groups excluding carboxylic acids is 1. The Balaban J connectivity index is 1.46. The zero-order valence-corrected chi connectivity index (χ0v) is 17.8. The normalized spacial score (nSPS) is 14.5. The number of aryl methyl sites for hydroxylation is 1. The molecule has 4 nitrogen and oxygen atoms in total. The lowest BCUT2D eigenvalue weighted by atomic mass is 10.1. The molecule has 0 N–H and O–H groups in total. The molecule has 1 aliphatic heterocycles. The van der Waals surface area contributed by atoms with Gasteiger partial charge < -0.3 is 14.2 Å². The third kappa shape index (κ3) is 4.77. The van der Waals surface area contributed by atoms with Gasteiger partial charge in [0.15, 0.2) is 0 Å². The average Bonchev–Trinajstić information content (AvgIpc) is 3.09. The van der Waals surface area contributed by atoms with E-state index in [0.29, 0.717) is 42.8 Å². The molecule has 4 rings (SSSR count). The van der Waals surface area contributed by atoms with Crippen LogP contribution in [0.2, 0.25) is 10.0 Å². The largest absolute Gasteiger partial charge is 0.378 e. The fourth-order valence-corrected chi connectivity index (χ4v) is 4.21. The number of carbonyl (C=O) groups is 1. The average molecular weight is 431 g/mol. The van der Waals surface area contributed by atoms with Crippen LogP contribution in [0.25, 0.3) is 10.9 Å². The monoisotopic (exact) mass is 430 g/mol. The van der Waals surface area contributed by atoms with E-state index in [1.165, 1.54) is 16.5 Å². The molecule has 2 heterocycles. The van der Waals surface area contributed by atoms with Gasteiger partial charge in [0.05, 0.1) is 23.3 Å². The number of aromatic nitrogens is 1. The Bertz CT molecular complexity index is 1010. The Labute approximate surface area is 181 Å². The van der Waals surface area contributed by atoms with E-state index in [0.717, 1.165) is 24.9 Å². The summed E-state index contributed by atoms with van der Waals surface area (Å²) >= 11 is 12.2. The van der Waals surface area contributed by atoms with Crippen LogP contribution >= 0.6 is 23.2 Å². The topological polar surface area (TPSA) is 34.5 Å². The summed E-state index contributed by atoms with van der Waals surface area (Å²) in [4.78, 5) is 14.3. The minimum atomic E-state index is 0.229. The predicted molar refractivity (Wildman–Crippen MR) is 118 cm³/mol. The SMILES string of the molecule is O=C(CCCc1cn(Cc2ccc(Cl)c(Cl)c2)c2ccccc12)N1CCOCC1. The van der Waals surface area contributed by atoms with E-state index in [2.05, 4.69) is 35.0 Å². The predicted octanol–water partition coefficient (Wildman–Crippen LogP) is 5.18. The van der Waals surface area contributed by atoms with Gasteiger partial charge >= 0.3 is 0 Å². The molecule has 0 aliphatic carbocycles. The van der Waals surface area contributed by atoms with Crippen molar-refractivity contribution in [3.63, 3.8) is 0 Å². The van der Waals surface area contributed by atoms with Crippen LogP contribution in [-0.4, -0.2) is 41.7 Å². The van der Waals surface area contributed by atoms with E-state index in [9.17, 15) is 4.79 Å². The molecule has 3 aromatic rings. The molecule has 1 saturated heterocycles. The number of hydrogen-bond donors (Lipinski definition) is 0. The van der Waals surface area contributed by atoms with Gasteiger partial charge in [-0.1, -0.05) is 47.5 Å². The van der Waals surface area contributed by atoms with Crippen LogP contribution in [0.4, 0.5) is 0 Å². The summed E-state index contributed by atoms with van der Waals surface area (Å²) in [6.07, 6.45) is 4.50. The van der Waals surface area contributed by atoms with Crippen LogP contribution in [0.1, 0.15) is 24.0 Å². The summed E-state index contributed by atoms with van der Waals surface area (Å²) in [5.41, 5.74) is 3.57. The molecular formula is C23H24Cl2N2O2. The first-order chi connectivity index (χ1) is 14.1. The van der Waals surface area contributed by atoms with Crippen LogP contribution in [-0.2, 0) is 22.5 Å². The summed E-state index contributed by atoms with van der Waals surface area (Å²) in [5.74, 6) is 0.229. The second-order valence-electron chi connectivity index (χ2n) is 7.39. The minimum absolute atomic E-state index is 0.229. The molecule has 0 radical (unpaired) electrons. The zero-order valence-electron chi connectivity index (χ0n) is 16.2. The van der Waals surface area contributed by atoms with E-state index >= 15 is 0 Å². The lowest BCUT2D eigenvalue weighted by molar-refractivity contribution is -0.135. The first-order valence-corrected chi connectivity index (χ1v) is 10.7. The highest BCUT2D eigenvalue weighted by molar-refractivity contribution is 6.42. The first-order valence-electron chi connectivity index (χ1n) is 9.98. The molecule has 0 unspecified atom stereocenters. The number of ether oxygens (including phenoxy) is 1. The Kier molecular flexibility index (Phi) is 6.43. The molecule has 0 bridgehead atoms. The van der Waals surface area contributed by atoms with Gasteiger partial charge in [0.25, 0.3) is 0 Å². The van der Waals surface area contributed by atoms with E-state index in [-0.39, 0.29) is 5.91 Å². The minimum Gasteiger partial charge on any atom is -0.378 e. The molecule has 1 aliphatic rings. The fourth-order valence-electron chi connectivity index (χ4n) is 3.89. The highest BCUT2D eigenvalue weighted by Gasteiger charge is 2.17. The number of fused-ring (bicyclic) bond motifs is 1. The van der Waals surface area contributed by atoms with Crippen molar-refractivity contribution in [1.29, 1.82) is 0 Å². The summed E-state index contributed by atoms with van der Waals surface area (Å²) in [5, 5.41) is 2.38. The summed E-state index contributed by atoms with van der Waals surface area (Å²) in [6.45, 7) is 3.44. The van der Waals surface area contributed by atoms with Crippen LogP contribution in [0, 0.1) is 0 Å². The van der Waals surface area contributed by atoms with E-state index in [4.69, 9.17) is 27.9 Å². The quantitative estimate of drug-likeness (QED) is 0.539. The highest BCUT2D eigenvalue weighted by atomic mass is 35.5. The number of amides is 1. The van der Waals surface area contributed by atoms with Gasteiger partial charge in [0, 0.05) is 43.2 Å². The molecule has 1 amide bonds. The number of nitrogens with zero attached hydrogens (tertiary/aromatic N) is 2. The van der Waals surface area contributed by atoms with Crippen molar-refractivity contribution >= 4 is 40.0 Å². The maximum atomic E-state index is 12.4. The third-order valence-electron chi connectivity index (χ3n) is 5.41. The third-order valence-corrected chi connectivity index (χ3v) is 6.15. The van der Waals surface area contributed by atoms with Crippen molar-refractivity contribution in [2.45, 2.75) is 25.8 Å². The van der Waals surface area contributed by atoms with Crippen LogP contribution in [0.5, 0.6) is 0 Å².